The van der Waals surface area contributed by atoms with Crippen LogP contribution in [0, 0.1) is 5.92 Å². The van der Waals surface area contributed by atoms with Crippen molar-refractivity contribution in [1.29, 1.82) is 0 Å². The van der Waals surface area contributed by atoms with Crippen molar-refractivity contribution in [2.45, 2.75) is 38.8 Å². The zero-order valence-electron chi connectivity index (χ0n) is 12.7. The van der Waals surface area contributed by atoms with Crippen molar-refractivity contribution in [3.63, 3.8) is 0 Å². The SMILES string of the molecule is CC1(C)OC(=O)[C@@H]([C@H](CCOCc2ccccc2)C(=O)O)O1. The van der Waals surface area contributed by atoms with E-state index in [1.807, 2.05) is 30.3 Å². The second-order valence-electron chi connectivity index (χ2n) is 5.63. The van der Waals surface area contributed by atoms with E-state index in [1.165, 1.54) is 0 Å². The molecule has 1 N–H and O–H groups in total. The summed E-state index contributed by atoms with van der Waals surface area (Å²) in [5, 5.41) is 9.29. The first-order valence-electron chi connectivity index (χ1n) is 7.14. The van der Waals surface area contributed by atoms with Gasteiger partial charge in [-0.15, -0.1) is 0 Å². The molecule has 0 amide bonds. The van der Waals surface area contributed by atoms with Gasteiger partial charge in [-0.3, -0.25) is 4.79 Å². The van der Waals surface area contributed by atoms with E-state index >= 15 is 0 Å². The molecule has 6 nitrogen and oxygen atoms in total. The van der Waals surface area contributed by atoms with Crippen molar-refractivity contribution in [2.75, 3.05) is 6.61 Å². The van der Waals surface area contributed by atoms with Gasteiger partial charge in [0.15, 0.2) is 6.10 Å². The Kier molecular flexibility index (Phi) is 5.15. The third kappa shape index (κ3) is 4.29. The van der Waals surface area contributed by atoms with E-state index in [-0.39, 0.29) is 13.0 Å². The molecule has 6 heteroatoms. The molecule has 0 aliphatic carbocycles. The Bertz CT molecular complexity index is 525. The molecular formula is C16H20O6. The van der Waals surface area contributed by atoms with Crippen LogP contribution in [-0.2, 0) is 30.4 Å². The summed E-state index contributed by atoms with van der Waals surface area (Å²) < 4.78 is 15.9. The quantitative estimate of drug-likeness (QED) is 0.612. The number of cyclic esters (lactones) is 1. The van der Waals surface area contributed by atoms with E-state index in [9.17, 15) is 14.7 Å². The fourth-order valence-corrected chi connectivity index (χ4v) is 2.30. The Morgan fingerprint density at radius 3 is 2.59 bits per heavy atom. The topological polar surface area (TPSA) is 82.1 Å². The average Bonchev–Trinajstić information content (AvgIpc) is 2.72. The van der Waals surface area contributed by atoms with E-state index in [4.69, 9.17) is 14.2 Å². The third-order valence-corrected chi connectivity index (χ3v) is 3.36. The van der Waals surface area contributed by atoms with Crippen molar-refractivity contribution in [2.24, 2.45) is 5.92 Å². The number of hydrogen-bond acceptors (Lipinski definition) is 5. The van der Waals surface area contributed by atoms with E-state index in [1.54, 1.807) is 13.8 Å². The predicted molar refractivity (Wildman–Crippen MR) is 76.9 cm³/mol. The molecule has 0 saturated carbocycles. The summed E-state index contributed by atoms with van der Waals surface area (Å²) >= 11 is 0. The molecule has 1 fully saturated rings. The number of carbonyl (C=O) groups is 2. The highest BCUT2D eigenvalue weighted by Crippen LogP contribution is 2.29. The van der Waals surface area contributed by atoms with Gasteiger partial charge in [0.2, 0.25) is 5.79 Å². The van der Waals surface area contributed by atoms with Crippen molar-refractivity contribution in [3.8, 4) is 0 Å². The van der Waals surface area contributed by atoms with Crippen LogP contribution in [0.4, 0.5) is 0 Å². The third-order valence-electron chi connectivity index (χ3n) is 3.36. The van der Waals surface area contributed by atoms with Gasteiger partial charge < -0.3 is 19.3 Å². The number of carboxylic acids is 1. The van der Waals surface area contributed by atoms with Crippen molar-refractivity contribution >= 4 is 11.9 Å². The molecule has 22 heavy (non-hydrogen) atoms. The van der Waals surface area contributed by atoms with Gasteiger partial charge in [-0.1, -0.05) is 30.3 Å². The van der Waals surface area contributed by atoms with Gasteiger partial charge in [0.1, 0.15) is 0 Å². The molecule has 2 rings (SSSR count). The molecule has 0 aromatic heterocycles. The van der Waals surface area contributed by atoms with Crippen LogP contribution in [0.1, 0.15) is 25.8 Å². The largest absolute Gasteiger partial charge is 0.481 e. The van der Waals surface area contributed by atoms with Crippen LogP contribution in [0.2, 0.25) is 0 Å². The summed E-state index contributed by atoms with van der Waals surface area (Å²) in [7, 11) is 0. The molecule has 0 unspecified atom stereocenters. The number of carboxylic acid groups (broad SMARTS) is 1. The normalized spacial score (nSPS) is 21.4. The molecular weight excluding hydrogens is 288 g/mol. The Hall–Kier alpha value is -1.92. The van der Waals surface area contributed by atoms with Gasteiger partial charge in [-0.05, 0) is 12.0 Å². The number of rotatable bonds is 7. The fourth-order valence-electron chi connectivity index (χ4n) is 2.30. The summed E-state index contributed by atoms with van der Waals surface area (Å²) in [5.41, 5.74) is 1.01. The van der Waals surface area contributed by atoms with Gasteiger partial charge in [-0.2, -0.15) is 0 Å². The van der Waals surface area contributed by atoms with E-state index in [0.29, 0.717) is 6.61 Å². The molecule has 0 bridgehead atoms. The number of aliphatic carboxylic acids is 1. The minimum Gasteiger partial charge on any atom is -0.481 e. The monoisotopic (exact) mass is 308 g/mol. The summed E-state index contributed by atoms with van der Waals surface area (Å²) in [5.74, 6) is -3.80. The zero-order chi connectivity index (χ0) is 16.2. The maximum Gasteiger partial charge on any atom is 0.338 e. The first-order chi connectivity index (χ1) is 10.4. The average molecular weight is 308 g/mol. The first-order valence-corrected chi connectivity index (χ1v) is 7.14. The first kappa shape index (κ1) is 16.5. The fraction of sp³-hybridized carbons (Fsp3) is 0.500. The lowest BCUT2D eigenvalue weighted by atomic mass is 9.99. The maximum atomic E-state index is 11.7. The lowest BCUT2D eigenvalue weighted by molar-refractivity contribution is -0.164. The number of hydrogen-bond donors (Lipinski definition) is 1. The van der Waals surface area contributed by atoms with Gasteiger partial charge in [0, 0.05) is 20.5 Å². The molecule has 0 radical (unpaired) electrons. The second kappa shape index (κ2) is 6.89. The molecule has 1 aliphatic rings. The molecule has 120 valence electrons. The van der Waals surface area contributed by atoms with E-state index in [2.05, 4.69) is 0 Å². The Morgan fingerprint density at radius 2 is 2.05 bits per heavy atom. The minimum atomic E-state index is -1.09. The summed E-state index contributed by atoms with van der Waals surface area (Å²) in [6.07, 6.45) is -0.911. The van der Waals surface area contributed by atoms with Crippen LogP contribution >= 0.6 is 0 Å². The van der Waals surface area contributed by atoms with Crippen molar-refractivity contribution < 1.29 is 28.9 Å². The summed E-state index contributed by atoms with van der Waals surface area (Å²) in [6.45, 7) is 3.78. The van der Waals surface area contributed by atoms with E-state index in [0.717, 1.165) is 5.56 Å². The standard InChI is InChI=1S/C16H20O6/c1-16(2)21-13(15(19)22-16)12(14(17)18)8-9-20-10-11-6-4-3-5-7-11/h3-7,12-13H,8-10H2,1-2H3,(H,17,18)/t12-,13+/m0/s1. The van der Waals surface area contributed by atoms with Crippen LogP contribution < -0.4 is 0 Å². The van der Waals surface area contributed by atoms with Crippen LogP contribution in [0.25, 0.3) is 0 Å². The van der Waals surface area contributed by atoms with Crippen LogP contribution in [0.3, 0.4) is 0 Å². The lowest BCUT2D eigenvalue weighted by Gasteiger charge is -2.19. The smallest absolute Gasteiger partial charge is 0.338 e. The van der Waals surface area contributed by atoms with Gasteiger partial charge in [-0.25, -0.2) is 4.79 Å². The highest BCUT2D eigenvalue weighted by molar-refractivity contribution is 5.84. The molecule has 1 aliphatic heterocycles. The number of benzene rings is 1. The zero-order valence-corrected chi connectivity index (χ0v) is 12.7. The Labute approximate surface area is 129 Å². The number of ether oxygens (including phenoxy) is 3. The second-order valence-corrected chi connectivity index (χ2v) is 5.63. The summed E-state index contributed by atoms with van der Waals surface area (Å²) in [6, 6.07) is 9.57. The summed E-state index contributed by atoms with van der Waals surface area (Å²) in [4.78, 5) is 23.1. The Morgan fingerprint density at radius 1 is 1.36 bits per heavy atom. The highest BCUT2D eigenvalue weighted by Gasteiger charge is 2.47. The van der Waals surface area contributed by atoms with Crippen molar-refractivity contribution in [3.05, 3.63) is 35.9 Å². The highest BCUT2D eigenvalue weighted by atomic mass is 16.8. The minimum absolute atomic E-state index is 0.179. The number of esters is 1. The maximum absolute atomic E-state index is 11.7. The lowest BCUT2D eigenvalue weighted by Crippen LogP contribution is -2.34. The predicted octanol–water partition coefficient (Wildman–Crippen LogP) is 1.97. The van der Waals surface area contributed by atoms with Gasteiger partial charge in [0.05, 0.1) is 12.5 Å². The van der Waals surface area contributed by atoms with Gasteiger partial charge in [0.25, 0.3) is 0 Å². The van der Waals surface area contributed by atoms with Crippen LogP contribution in [-0.4, -0.2) is 35.5 Å². The molecule has 2 atom stereocenters. The number of carbonyl (C=O) groups excluding carboxylic acids is 1. The van der Waals surface area contributed by atoms with Gasteiger partial charge >= 0.3 is 11.9 Å². The Balaban J connectivity index is 1.85. The molecule has 0 spiro atoms. The molecule has 1 heterocycles. The molecule has 1 saturated heterocycles. The van der Waals surface area contributed by atoms with E-state index < -0.39 is 29.7 Å². The van der Waals surface area contributed by atoms with Crippen molar-refractivity contribution in [1.82, 2.24) is 0 Å². The van der Waals surface area contributed by atoms with Crippen LogP contribution in [0.5, 0.6) is 0 Å². The van der Waals surface area contributed by atoms with Crippen LogP contribution in [0.15, 0.2) is 30.3 Å². The molecule has 1 aromatic rings. The molecule has 1 aromatic carbocycles.